The summed E-state index contributed by atoms with van der Waals surface area (Å²) in [5, 5.41) is 0. The molecular weight excluding hydrogens is 388 g/mol. The lowest BCUT2D eigenvalue weighted by atomic mass is 10.2. The Morgan fingerprint density at radius 2 is 1.86 bits per heavy atom. The first-order chi connectivity index (χ1) is 13.9. The number of hydrogen-bond acceptors (Lipinski definition) is 5. The number of hydrogen-bond donors (Lipinski definition) is 0. The zero-order chi connectivity index (χ0) is 20.9. The maximum atomic E-state index is 11.8. The third-order valence-electron chi connectivity index (χ3n) is 4.60. The Bertz CT molecular complexity index is 1050. The van der Waals surface area contributed by atoms with Crippen LogP contribution >= 0.6 is 0 Å². The van der Waals surface area contributed by atoms with Crippen molar-refractivity contribution in [3.05, 3.63) is 71.6 Å². The molecule has 0 aliphatic rings. The molecule has 3 rings (SSSR count). The van der Waals surface area contributed by atoms with Gasteiger partial charge in [0, 0.05) is 25.1 Å². The first kappa shape index (κ1) is 21.1. The molecule has 0 amide bonds. The van der Waals surface area contributed by atoms with Crippen LogP contribution in [-0.4, -0.2) is 37.1 Å². The van der Waals surface area contributed by atoms with Gasteiger partial charge in [0.15, 0.2) is 0 Å². The molecule has 7 heteroatoms. The minimum atomic E-state index is -3.23. The Labute approximate surface area is 172 Å². The molecule has 0 aliphatic heterocycles. The smallest absolute Gasteiger partial charge is 0.226 e. The molecule has 1 heterocycles. The molecule has 6 nitrogen and oxygen atoms in total. The number of rotatable bonds is 9. The van der Waals surface area contributed by atoms with Crippen molar-refractivity contribution in [3.8, 4) is 17.2 Å². The SMILES string of the molecule is CCN(Cc1cccc(OCCc2nc(-c3ccccc3)oc2C)c1)S(C)(=O)=O. The van der Waals surface area contributed by atoms with Crippen LogP contribution in [0.4, 0.5) is 0 Å². The molecule has 2 aromatic carbocycles. The van der Waals surface area contributed by atoms with Crippen molar-refractivity contribution in [2.45, 2.75) is 26.8 Å². The van der Waals surface area contributed by atoms with Gasteiger partial charge >= 0.3 is 0 Å². The predicted molar refractivity (Wildman–Crippen MR) is 113 cm³/mol. The highest BCUT2D eigenvalue weighted by Gasteiger charge is 2.15. The third kappa shape index (κ3) is 5.68. The monoisotopic (exact) mass is 414 g/mol. The van der Waals surface area contributed by atoms with Crippen molar-refractivity contribution in [2.75, 3.05) is 19.4 Å². The molecule has 0 saturated carbocycles. The summed E-state index contributed by atoms with van der Waals surface area (Å²) in [6.07, 6.45) is 1.84. The summed E-state index contributed by atoms with van der Waals surface area (Å²) in [7, 11) is -3.23. The number of oxazole rings is 1. The predicted octanol–water partition coefficient (Wildman–Crippen LogP) is 4.05. The van der Waals surface area contributed by atoms with Gasteiger partial charge in [-0.2, -0.15) is 4.31 Å². The van der Waals surface area contributed by atoms with Crippen molar-refractivity contribution < 1.29 is 17.6 Å². The second-order valence-electron chi connectivity index (χ2n) is 6.82. The van der Waals surface area contributed by atoms with Gasteiger partial charge in [0.2, 0.25) is 15.9 Å². The summed E-state index contributed by atoms with van der Waals surface area (Å²) >= 11 is 0. The lowest BCUT2D eigenvalue weighted by molar-refractivity contribution is 0.319. The van der Waals surface area contributed by atoms with E-state index in [1.54, 1.807) is 0 Å². The van der Waals surface area contributed by atoms with Crippen LogP contribution in [0.1, 0.15) is 23.9 Å². The summed E-state index contributed by atoms with van der Waals surface area (Å²) in [6.45, 7) is 4.94. The number of benzene rings is 2. The molecule has 0 unspecified atom stereocenters. The molecule has 0 N–H and O–H groups in total. The molecule has 154 valence electrons. The number of aromatic nitrogens is 1. The molecule has 0 saturated heterocycles. The summed E-state index contributed by atoms with van der Waals surface area (Å²) in [4.78, 5) is 4.59. The van der Waals surface area contributed by atoms with E-state index in [-0.39, 0.29) is 0 Å². The van der Waals surface area contributed by atoms with Gasteiger partial charge in [0.05, 0.1) is 18.6 Å². The largest absolute Gasteiger partial charge is 0.493 e. The van der Waals surface area contributed by atoms with Crippen molar-refractivity contribution in [1.82, 2.24) is 9.29 Å². The summed E-state index contributed by atoms with van der Waals surface area (Å²) in [5.74, 6) is 2.10. The van der Waals surface area contributed by atoms with E-state index < -0.39 is 10.0 Å². The Hall–Kier alpha value is -2.64. The van der Waals surface area contributed by atoms with Gasteiger partial charge in [0.25, 0.3) is 0 Å². The van der Waals surface area contributed by atoms with Crippen molar-refractivity contribution in [3.63, 3.8) is 0 Å². The third-order valence-corrected chi connectivity index (χ3v) is 5.93. The lowest BCUT2D eigenvalue weighted by Gasteiger charge is -2.18. The fourth-order valence-electron chi connectivity index (χ4n) is 3.03. The van der Waals surface area contributed by atoms with E-state index in [2.05, 4.69) is 4.98 Å². The van der Waals surface area contributed by atoms with Gasteiger partial charge in [-0.3, -0.25) is 0 Å². The fraction of sp³-hybridized carbons (Fsp3) is 0.318. The van der Waals surface area contributed by atoms with Crippen LogP contribution in [0.5, 0.6) is 5.75 Å². The molecule has 29 heavy (non-hydrogen) atoms. The molecule has 0 spiro atoms. The number of aryl methyl sites for hydroxylation is 1. The van der Waals surface area contributed by atoms with E-state index in [4.69, 9.17) is 9.15 Å². The molecule has 0 radical (unpaired) electrons. The quantitative estimate of drug-likeness (QED) is 0.528. The second kappa shape index (κ2) is 9.24. The van der Waals surface area contributed by atoms with Crippen LogP contribution in [0.15, 0.2) is 59.0 Å². The maximum Gasteiger partial charge on any atom is 0.226 e. The molecule has 0 aliphatic carbocycles. The summed E-state index contributed by atoms with van der Waals surface area (Å²) in [5.41, 5.74) is 2.70. The van der Waals surface area contributed by atoms with E-state index in [1.807, 2.05) is 68.4 Å². The first-order valence-electron chi connectivity index (χ1n) is 9.55. The van der Waals surface area contributed by atoms with Crippen molar-refractivity contribution in [1.29, 1.82) is 0 Å². The standard InChI is InChI=1S/C22H26N2O4S/c1-4-24(29(3,25)26)16-18-9-8-12-20(15-18)27-14-13-21-17(2)28-22(23-21)19-10-6-5-7-11-19/h5-12,15H,4,13-14,16H2,1-3H3. The zero-order valence-electron chi connectivity index (χ0n) is 17.0. The van der Waals surface area contributed by atoms with Crippen molar-refractivity contribution in [2.24, 2.45) is 0 Å². The van der Waals surface area contributed by atoms with Gasteiger partial charge in [-0.1, -0.05) is 37.3 Å². The number of sulfonamides is 1. The Kier molecular flexibility index (Phi) is 6.71. The van der Waals surface area contributed by atoms with E-state index >= 15 is 0 Å². The Morgan fingerprint density at radius 3 is 2.55 bits per heavy atom. The van der Waals surface area contributed by atoms with Gasteiger partial charge < -0.3 is 9.15 Å². The second-order valence-corrected chi connectivity index (χ2v) is 8.81. The highest BCUT2D eigenvalue weighted by Crippen LogP contribution is 2.22. The van der Waals surface area contributed by atoms with Crippen LogP contribution in [0.25, 0.3) is 11.5 Å². The van der Waals surface area contributed by atoms with Gasteiger partial charge in [-0.15, -0.1) is 0 Å². The van der Waals surface area contributed by atoms with Crippen LogP contribution in [-0.2, 0) is 23.0 Å². The molecular formula is C22H26N2O4S. The van der Waals surface area contributed by atoms with Crippen LogP contribution < -0.4 is 4.74 Å². The maximum absolute atomic E-state index is 11.8. The normalized spacial score (nSPS) is 11.7. The van der Waals surface area contributed by atoms with Crippen molar-refractivity contribution >= 4 is 10.0 Å². The summed E-state index contributed by atoms with van der Waals surface area (Å²) < 4.78 is 36.7. The molecule has 3 aromatic rings. The highest BCUT2D eigenvalue weighted by molar-refractivity contribution is 7.88. The fourth-order valence-corrected chi connectivity index (χ4v) is 3.88. The van der Waals surface area contributed by atoms with Crippen LogP contribution in [0.3, 0.4) is 0 Å². The number of ether oxygens (including phenoxy) is 1. The first-order valence-corrected chi connectivity index (χ1v) is 11.4. The Morgan fingerprint density at radius 1 is 1.10 bits per heavy atom. The van der Waals surface area contributed by atoms with E-state index in [0.29, 0.717) is 37.8 Å². The van der Waals surface area contributed by atoms with Crippen LogP contribution in [0.2, 0.25) is 0 Å². The number of nitrogens with zero attached hydrogens (tertiary/aromatic N) is 2. The Balaban J connectivity index is 1.61. The lowest BCUT2D eigenvalue weighted by Crippen LogP contribution is -2.29. The molecule has 1 aromatic heterocycles. The van der Waals surface area contributed by atoms with E-state index in [1.165, 1.54) is 10.6 Å². The van der Waals surface area contributed by atoms with E-state index in [9.17, 15) is 8.42 Å². The average molecular weight is 415 g/mol. The highest BCUT2D eigenvalue weighted by atomic mass is 32.2. The summed E-state index contributed by atoms with van der Waals surface area (Å²) in [6, 6.07) is 17.3. The van der Waals surface area contributed by atoms with E-state index in [0.717, 1.165) is 22.6 Å². The van der Waals surface area contributed by atoms with Gasteiger partial charge in [-0.25, -0.2) is 13.4 Å². The minimum absolute atomic E-state index is 0.329. The zero-order valence-corrected chi connectivity index (χ0v) is 17.8. The molecule has 0 bridgehead atoms. The average Bonchev–Trinajstić information content (AvgIpc) is 3.07. The van der Waals surface area contributed by atoms with Gasteiger partial charge in [-0.05, 0) is 36.8 Å². The molecule has 0 fully saturated rings. The molecule has 0 atom stereocenters. The minimum Gasteiger partial charge on any atom is -0.493 e. The topological polar surface area (TPSA) is 72.6 Å². The van der Waals surface area contributed by atoms with Gasteiger partial charge in [0.1, 0.15) is 11.5 Å². The van der Waals surface area contributed by atoms with Crippen LogP contribution in [0, 0.1) is 6.92 Å².